The van der Waals surface area contributed by atoms with E-state index in [1.165, 1.54) is 6.07 Å². The molecule has 1 aromatic carbocycles. The molecular formula is C10H8N2O3. The molecule has 0 atom stereocenters. The first-order chi connectivity index (χ1) is 7.02. The standard InChI is InChI=1S/C10H8N2O3/c1-6-2-7(5-11)4-8(3-6)12-9(13)10(14)15/h2-4H,1H3,(H,12,13)(H,14,15). The van der Waals surface area contributed by atoms with Gasteiger partial charge in [0.1, 0.15) is 0 Å². The van der Waals surface area contributed by atoms with E-state index in [-0.39, 0.29) is 0 Å². The molecular weight excluding hydrogens is 196 g/mol. The zero-order valence-electron chi connectivity index (χ0n) is 7.94. The summed E-state index contributed by atoms with van der Waals surface area (Å²) in [6.45, 7) is 1.75. The lowest BCUT2D eigenvalue weighted by molar-refractivity contribution is -0.147. The van der Waals surface area contributed by atoms with Gasteiger partial charge in [-0.1, -0.05) is 0 Å². The summed E-state index contributed by atoms with van der Waals surface area (Å²) in [7, 11) is 0. The average Bonchev–Trinajstić information content (AvgIpc) is 2.16. The Hall–Kier alpha value is -2.35. The number of hydrogen-bond acceptors (Lipinski definition) is 3. The lowest BCUT2D eigenvalue weighted by Gasteiger charge is -2.03. The van der Waals surface area contributed by atoms with Crippen LogP contribution in [0.5, 0.6) is 0 Å². The highest BCUT2D eigenvalue weighted by atomic mass is 16.4. The molecule has 5 heteroatoms. The molecule has 0 aliphatic carbocycles. The van der Waals surface area contributed by atoms with E-state index in [0.717, 1.165) is 5.56 Å². The number of amides is 1. The van der Waals surface area contributed by atoms with E-state index in [2.05, 4.69) is 5.32 Å². The van der Waals surface area contributed by atoms with E-state index in [1.54, 1.807) is 19.1 Å². The maximum absolute atomic E-state index is 10.8. The lowest BCUT2D eigenvalue weighted by atomic mass is 10.1. The Morgan fingerprint density at radius 3 is 2.60 bits per heavy atom. The Balaban J connectivity index is 2.96. The number of carbonyl (C=O) groups excluding carboxylic acids is 1. The van der Waals surface area contributed by atoms with Crippen LogP contribution >= 0.6 is 0 Å². The molecule has 0 heterocycles. The smallest absolute Gasteiger partial charge is 0.394 e. The van der Waals surface area contributed by atoms with E-state index in [4.69, 9.17) is 10.4 Å². The third kappa shape index (κ3) is 2.81. The van der Waals surface area contributed by atoms with Crippen LogP contribution in [0.15, 0.2) is 18.2 Å². The van der Waals surface area contributed by atoms with Crippen molar-refractivity contribution in [1.82, 2.24) is 0 Å². The molecule has 1 rings (SSSR count). The number of carbonyl (C=O) groups is 2. The summed E-state index contributed by atoms with van der Waals surface area (Å²) in [5.41, 5.74) is 1.45. The molecule has 1 aromatic rings. The summed E-state index contributed by atoms with van der Waals surface area (Å²) in [5.74, 6) is -2.68. The first-order valence-electron chi connectivity index (χ1n) is 4.09. The molecule has 0 saturated heterocycles. The fourth-order valence-corrected chi connectivity index (χ4v) is 1.10. The largest absolute Gasteiger partial charge is 0.474 e. The van der Waals surface area contributed by atoms with Gasteiger partial charge in [-0.2, -0.15) is 5.26 Å². The number of nitrogens with one attached hydrogen (secondary N) is 1. The highest BCUT2D eigenvalue weighted by molar-refractivity contribution is 6.36. The molecule has 5 nitrogen and oxygen atoms in total. The maximum atomic E-state index is 10.8. The summed E-state index contributed by atoms with van der Waals surface area (Å²) in [5, 5.41) is 19.2. The fourth-order valence-electron chi connectivity index (χ4n) is 1.10. The van der Waals surface area contributed by atoms with Crippen molar-refractivity contribution in [1.29, 1.82) is 5.26 Å². The van der Waals surface area contributed by atoms with Crippen molar-refractivity contribution in [2.45, 2.75) is 6.92 Å². The van der Waals surface area contributed by atoms with Gasteiger partial charge in [0.05, 0.1) is 11.6 Å². The number of aryl methyl sites for hydroxylation is 1. The van der Waals surface area contributed by atoms with Gasteiger partial charge in [-0.3, -0.25) is 4.79 Å². The molecule has 0 radical (unpaired) electrons. The number of anilines is 1. The number of carboxylic acid groups (broad SMARTS) is 1. The molecule has 0 unspecified atom stereocenters. The molecule has 0 fully saturated rings. The van der Waals surface area contributed by atoms with Gasteiger partial charge in [-0.15, -0.1) is 0 Å². The van der Waals surface area contributed by atoms with Crippen molar-refractivity contribution >= 4 is 17.6 Å². The SMILES string of the molecule is Cc1cc(C#N)cc(NC(=O)C(=O)O)c1. The second-order valence-electron chi connectivity index (χ2n) is 2.96. The first-order valence-corrected chi connectivity index (χ1v) is 4.09. The van der Waals surface area contributed by atoms with E-state index in [0.29, 0.717) is 11.3 Å². The predicted octanol–water partition coefficient (Wildman–Crippen LogP) is 0.890. The number of rotatable bonds is 1. The number of aliphatic carboxylic acids is 1. The Morgan fingerprint density at radius 2 is 2.07 bits per heavy atom. The van der Waals surface area contributed by atoms with Crippen molar-refractivity contribution < 1.29 is 14.7 Å². The molecule has 0 spiro atoms. The van der Waals surface area contributed by atoms with Crippen LogP contribution < -0.4 is 5.32 Å². The second kappa shape index (κ2) is 4.24. The Morgan fingerprint density at radius 1 is 1.40 bits per heavy atom. The molecule has 2 N–H and O–H groups in total. The zero-order valence-corrected chi connectivity index (χ0v) is 7.94. The molecule has 0 saturated carbocycles. The van der Waals surface area contributed by atoms with Crippen LogP contribution in [-0.4, -0.2) is 17.0 Å². The number of nitrogens with zero attached hydrogens (tertiary/aromatic N) is 1. The van der Waals surface area contributed by atoms with Gasteiger partial charge in [0.15, 0.2) is 0 Å². The van der Waals surface area contributed by atoms with Crippen molar-refractivity contribution in [3.8, 4) is 6.07 Å². The van der Waals surface area contributed by atoms with Gasteiger partial charge >= 0.3 is 11.9 Å². The molecule has 15 heavy (non-hydrogen) atoms. The van der Waals surface area contributed by atoms with Gasteiger partial charge in [0, 0.05) is 5.69 Å². The number of hydrogen-bond donors (Lipinski definition) is 2. The van der Waals surface area contributed by atoms with Crippen LogP contribution in [0.25, 0.3) is 0 Å². The Kier molecular flexibility index (Phi) is 3.03. The minimum Gasteiger partial charge on any atom is -0.474 e. The van der Waals surface area contributed by atoms with Gasteiger partial charge in [0.2, 0.25) is 0 Å². The van der Waals surface area contributed by atoms with Crippen molar-refractivity contribution in [3.05, 3.63) is 29.3 Å². The molecule has 1 amide bonds. The monoisotopic (exact) mass is 204 g/mol. The van der Waals surface area contributed by atoms with E-state index in [1.807, 2.05) is 6.07 Å². The predicted molar refractivity (Wildman–Crippen MR) is 52.2 cm³/mol. The first kappa shape index (κ1) is 10.7. The normalized spacial score (nSPS) is 9.07. The van der Waals surface area contributed by atoms with Crippen LogP contribution in [0.2, 0.25) is 0 Å². The van der Waals surface area contributed by atoms with Crippen molar-refractivity contribution in [2.24, 2.45) is 0 Å². The second-order valence-corrected chi connectivity index (χ2v) is 2.96. The van der Waals surface area contributed by atoms with Crippen LogP contribution in [0.3, 0.4) is 0 Å². The van der Waals surface area contributed by atoms with Gasteiger partial charge in [0.25, 0.3) is 0 Å². The minimum absolute atomic E-state index is 0.305. The highest BCUT2D eigenvalue weighted by Gasteiger charge is 2.11. The van der Waals surface area contributed by atoms with Gasteiger partial charge in [-0.05, 0) is 30.7 Å². The van der Waals surface area contributed by atoms with Gasteiger partial charge < -0.3 is 10.4 Å². The molecule has 0 aliphatic rings. The third-order valence-corrected chi connectivity index (χ3v) is 1.66. The van der Waals surface area contributed by atoms with Crippen LogP contribution in [-0.2, 0) is 9.59 Å². The average molecular weight is 204 g/mol. The minimum atomic E-state index is -1.56. The van der Waals surface area contributed by atoms with E-state index >= 15 is 0 Å². The molecule has 76 valence electrons. The van der Waals surface area contributed by atoms with E-state index < -0.39 is 11.9 Å². The van der Waals surface area contributed by atoms with Crippen LogP contribution in [0.4, 0.5) is 5.69 Å². The summed E-state index contributed by atoms with van der Waals surface area (Å²) in [6, 6.07) is 6.54. The quantitative estimate of drug-likeness (QED) is 0.664. The number of carboxylic acids is 1. The number of nitriles is 1. The Labute approximate surface area is 86.0 Å². The van der Waals surface area contributed by atoms with Gasteiger partial charge in [-0.25, -0.2) is 4.79 Å². The number of benzene rings is 1. The Bertz CT molecular complexity index is 460. The highest BCUT2D eigenvalue weighted by Crippen LogP contribution is 2.13. The van der Waals surface area contributed by atoms with Crippen LogP contribution in [0, 0.1) is 18.3 Å². The van der Waals surface area contributed by atoms with Crippen LogP contribution in [0.1, 0.15) is 11.1 Å². The summed E-state index contributed by atoms with van der Waals surface area (Å²) >= 11 is 0. The zero-order chi connectivity index (χ0) is 11.4. The van der Waals surface area contributed by atoms with E-state index in [9.17, 15) is 9.59 Å². The summed E-state index contributed by atoms with van der Waals surface area (Å²) in [6.07, 6.45) is 0. The van der Waals surface area contributed by atoms with Crippen molar-refractivity contribution in [2.75, 3.05) is 5.32 Å². The molecule has 0 aliphatic heterocycles. The molecule has 0 bridgehead atoms. The topological polar surface area (TPSA) is 90.2 Å². The van der Waals surface area contributed by atoms with Crippen molar-refractivity contribution in [3.63, 3.8) is 0 Å². The maximum Gasteiger partial charge on any atom is 0.394 e. The fraction of sp³-hybridized carbons (Fsp3) is 0.100. The molecule has 0 aromatic heterocycles. The lowest BCUT2D eigenvalue weighted by Crippen LogP contribution is -2.21. The summed E-state index contributed by atoms with van der Waals surface area (Å²) in [4.78, 5) is 21.1. The third-order valence-electron chi connectivity index (χ3n) is 1.66. The summed E-state index contributed by atoms with van der Waals surface area (Å²) < 4.78 is 0.